The van der Waals surface area contributed by atoms with Crippen LogP contribution >= 0.6 is 11.6 Å². The molecule has 1 aliphatic heterocycles. The maximum absolute atomic E-state index is 6.11. The van der Waals surface area contributed by atoms with Gasteiger partial charge >= 0.3 is 0 Å². The first-order valence-corrected chi connectivity index (χ1v) is 8.04. The number of benzene rings is 1. The molecule has 1 atom stereocenters. The van der Waals surface area contributed by atoms with Gasteiger partial charge in [-0.25, -0.2) is 0 Å². The van der Waals surface area contributed by atoms with Gasteiger partial charge in [0.25, 0.3) is 0 Å². The molecule has 1 fully saturated rings. The third kappa shape index (κ3) is 5.15. The maximum Gasteiger partial charge on any atom is 0.124 e. The molecule has 1 N–H and O–H groups in total. The van der Waals surface area contributed by atoms with E-state index in [0.29, 0.717) is 6.61 Å². The topological polar surface area (TPSA) is 33.7 Å². The molecule has 0 spiro atoms. The Morgan fingerprint density at radius 1 is 1.38 bits per heavy atom. The molecule has 0 aromatic heterocycles. The fraction of sp³-hybridized carbons (Fsp3) is 0.625. The highest BCUT2D eigenvalue weighted by atomic mass is 35.5. The maximum atomic E-state index is 6.11. The Bertz CT molecular complexity index is 436. The molecule has 2 rings (SSSR count). The summed E-state index contributed by atoms with van der Waals surface area (Å²) in [4.78, 5) is 2.37. The van der Waals surface area contributed by atoms with Crippen LogP contribution in [0.5, 0.6) is 5.75 Å². The van der Waals surface area contributed by atoms with Gasteiger partial charge in [0.05, 0.1) is 13.2 Å². The van der Waals surface area contributed by atoms with E-state index in [2.05, 4.69) is 24.1 Å². The average molecular weight is 313 g/mol. The summed E-state index contributed by atoms with van der Waals surface area (Å²) in [6.45, 7) is 10.4. The molecular formula is C16H25ClN2O2. The van der Waals surface area contributed by atoms with Gasteiger partial charge in [-0.3, -0.25) is 4.90 Å². The predicted molar refractivity (Wildman–Crippen MR) is 86.3 cm³/mol. The lowest BCUT2D eigenvalue weighted by Crippen LogP contribution is -2.38. The second-order valence-corrected chi connectivity index (χ2v) is 5.70. The number of rotatable bonds is 7. The van der Waals surface area contributed by atoms with Crippen molar-refractivity contribution in [3.63, 3.8) is 0 Å². The molecule has 0 saturated carbocycles. The quantitative estimate of drug-likeness (QED) is 0.839. The van der Waals surface area contributed by atoms with Gasteiger partial charge in [-0.15, -0.1) is 0 Å². The SMILES string of the molecule is CCNC(C)c1cc(Cl)ccc1OCCN1CCOCC1. The van der Waals surface area contributed by atoms with Crippen LogP contribution in [0.2, 0.25) is 5.02 Å². The Hall–Kier alpha value is -0.810. The van der Waals surface area contributed by atoms with E-state index < -0.39 is 0 Å². The smallest absolute Gasteiger partial charge is 0.124 e. The summed E-state index contributed by atoms with van der Waals surface area (Å²) < 4.78 is 11.3. The van der Waals surface area contributed by atoms with Gasteiger partial charge < -0.3 is 14.8 Å². The highest BCUT2D eigenvalue weighted by Crippen LogP contribution is 2.28. The van der Waals surface area contributed by atoms with E-state index >= 15 is 0 Å². The molecule has 1 aliphatic rings. The van der Waals surface area contributed by atoms with Crippen molar-refractivity contribution in [1.29, 1.82) is 0 Å². The van der Waals surface area contributed by atoms with Crippen molar-refractivity contribution < 1.29 is 9.47 Å². The lowest BCUT2D eigenvalue weighted by molar-refractivity contribution is 0.0322. The van der Waals surface area contributed by atoms with Crippen LogP contribution in [0.25, 0.3) is 0 Å². The lowest BCUT2D eigenvalue weighted by atomic mass is 10.1. The van der Waals surface area contributed by atoms with E-state index in [0.717, 1.165) is 55.7 Å². The third-order valence-corrected chi connectivity index (χ3v) is 3.95. The summed E-state index contributed by atoms with van der Waals surface area (Å²) in [5.41, 5.74) is 1.12. The molecule has 5 heteroatoms. The zero-order valence-corrected chi connectivity index (χ0v) is 13.7. The number of morpholine rings is 1. The van der Waals surface area contributed by atoms with Gasteiger partial charge in [-0.1, -0.05) is 18.5 Å². The van der Waals surface area contributed by atoms with Crippen LogP contribution < -0.4 is 10.1 Å². The van der Waals surface area contributed by atoms with Crippen LogP contribution in [0.15, 0.2) is 18.2 Å². The number of hydrogen-bond donors (Lipinski definition) is 1. The number of ether oxygens (including phenoxy) is 2. The van der Waals surface area contributed by atoms with Crippen molar-refractivity contribution in [3.05, 3.63) is 28.8 Å². The Kier molecular flexibility index (Phi) is 6.77. The Morgan fingerprint density at radius 2 is 2.14 bits per heavy atom. The summed E-state index contributed by atoms with van der Waals surface area (Å²) in [5, 5.41) is 4.15. The largest absolute Gasteiger partial charge is 0.492 e. The monoisotopic (exact) mass is 312 g/mol. The van der Waals surface area contributed by atoms with Crippen molar-refractivity contribution in [2.75, 3.05) is 46.0 Å². The van der Waals surface area contributed by atoms with Crippen LogP contribution in [-0.2, 0) is 4.74 Å². The Labute approximate surface area is 132 Å². The molecule has 4 nitrogen and oxygen atoms in total. The molecule has 1 aromatic rings. The van der Waals surface area contributed by atoms with Gasteiger partial charge in [-0.05, 0) is 31.7 Å². The number of nitrogens with one attached hydrogen (secondary N) is 1. The minimum atomic E-state index is 0.229. The van der Waals surface area contributed by atoms with Crippen molar-refractivity contribution in [1.82, 2.24) is 10.2 Å². The normalized spacial score (nSPS) is 17.7. The summed E-state index contributed by atoms with van der Waals surface area (Å²) in [6.07, 6.45) is 0. The van der Waals surface area contributed by atoms with E-state index in [1.165, 1.54) is 0 Å². The molecular weight excluding hydrogens is 288 g/mol. The van der Waals surface area contributed by atoms with E-state index in [-0.39, 0.29) is 6.04 Å². The minimum absolute atomic E-state index is 0.229. The van der Waals surface area contributed by atoms with Gasteiger partial charge in [0.15, 0.2) is 0 Å². The summed E-state index contributed by atoms with van der Waals surface area (Å²) in [6, 6.07) is 6.06. The summed E-state index contributed by atoms with van der Waals surface area (Å²) in [5.74, 6) is 0.918. The van der Waals surface area contributed by atoms with Crippen LogP contribution in [0.1, 0.15) is 25.5 Å². The third-order valence-electron chi connectivity index (χ3n) is 3.72. The van der Waals surface area contributed by atoms with Crippen LogP contribution in [0, 0.1) is 0 Å². The highest BCUT2D eigenvalue weighted by molar-refractivity contribution is 6.30. The van der Waals surface area contributed by atoms with Crippen LogP contribution in [-0.4, -0.2) is 50.9 Å². The molecule has 0 bridgehead atoms. The van der Waals surface area contributed by atoms with Crippen LogP contribution in [0.3, 0.4) is 0 Å². The molecule has 21 heavy (non-hydrogen) atoms. The van der Waals surface area contributed by atoms with Gasteiger partial charge in [0, 0.05) is 36.3 Å². The molecule has 1 heterocycles. The fourth-order valence-electron chi connectivity index (χ4n) is 2.51. The molecule has 1 aromatic carbocycles. The zero-order chi connectivity index (χ0) is 15.1. The minimum Gasteiger partial charge on any atom is -0.492 e. The van der Waals surface area contributed by atoms with E-state index in [9.17, 15) is 0 Å². The molecule has 0 amide bonds. The summed E-state index contributed by atoms with van der Waals surface area (Å²) in [7, 11) is 0. The van der Waals surface area contributed by atoms with Gasteiger partial charge in [0.2, 0.25) is 0 Å². The average Bonchev–Trinajstić information content (AvgIpc) is 2.50. The molecule has 0 aliphatic carbocycles. The standard InChI is InChI=1S/C16H25ClN2O2/c1-3-18-13(2)15-12-14(17)4-5-16(15)21-11-8-19-6-9-20-10-7-19/h4-5,12-13,18H,3,6-11H2,1-2H3. The zero-order valence-electron chi connectivity index (χ0n) is 12.9. The second-order valence-electron chi connectivity index (χ2n) is 5.26. The van der Waals surface area contributed by atoms with Crippen molar-refractivity contribution in [2.45, 2.75) is 19.9 Å². The van der Waals surface area contributed by atoms with Crippen molar-refractivity contribution >= 4 is 11.6 Å². The van der Waals surface area contributed by atoms with Gasteiger partial charge in [-0.2, -0.15) is 0 Å². The van der Waals surface area contributed by atoms with Crippen molar-refractivity contribution in [3.8, 4) is 5.75 Å². The first kappa shape index (κ1) is 16.6. The van der Waals surface area contributed by atoms with E-state index in [1.54, 1.807) is 0 Å². The molecule has 0 radical (unpaired) electrons. The van der Waals surface area contributed by atoms with Crippen molar-refractivity contribution in [2.24, 2.45) is 0 Å². The fourth-order valence-corrected chi connectivity index (χ4v) is 2.70. The number of nitrogens with zero attached hydrogens (tertiary/aromatic N) is 1. The molecule has 118 valence electrons. The molecule has 1 unspecified atom stereocenters. The Morgan fingerprint density at radius 3 is 2.86 bits per heavy atom. The summed E-state index contributed by atoms with van der Waals surface area (Å²) >= 11 is 6.11. The van der Waals surface area contributed by atoms with E-state index in [1.807, 2.05) is 18.2 Å². The number of hydrogen-bond acceptors (Lipinski definition) is 4. The number of halogens is 1. The Balaban J connectivity index is 1.91. The highest BCUT2D eigenvalue weighted by Gasteiger charge is 2.13. The second kappa shape index (κ2) is 8.59. The van der Waals surface area contributed by atoms with Crippen LogP contribution in [0.4, 0.5) is 0 Å². The van der Waals surface area contributed by atoms with E-state index in [4.69, 9.17) is 21.1 Å². The first-order chi connectivity index (χ1) is 10.2. The predicted octanol–water partition coefficient (Wildman–Crippen LogP) is 2.72. The molecule has 1 saturated heterocycles. The lowest BCUT2D eigenvalue weighted by Gasteiger charge is -2.26. The first-order valence-electron chi connectivity index (χ1n) is 7.66. The van der Waals surface area contributed by atoms with Gasteiger partial charge in [0.1, 0.15) is 12.4 Å².